The third-order valence-electron chi connectivity index (χ3n) is 3.47. The number of allylic oxidation sites excluding steroid dienone is 2. The number of esters is 1. The summed E-state index contributed by atoms with van der Waals surface area (Å²) in [5.74, 6) is -0.211. The predicted octanol–water partition coefficient (Wildman–Crippen LogP) is 3.44. The molecule has 1 fully saturated rings. The number of rotatable bonds is 3. The molecule has 1 atom stereocenters. The highest BCUT2D eigenvalue weighted by Gasteiger charge is 2.40. The van der Waals surface area contributed by atoms with Gasteiger partial charge in [0.05, 0.1) is 13.0 Å². The quantitative estimate of drug-likeness (QED) is 0.759. The number of hydrogen-bond acceptors (Lipinski definition) is 2. The molecule has 0 N–H and O–H groups in total. The summed E-state index contributed by atoms with van der Waals surface area (Å²) in [7, 11) is 1.44. The standard InChI is InChI=1S/C16H18O2/c1-5-12(13-9-14(13)16(17)18-4)15-10(2)7-6-8-11(15)3/h5-8,14H,1,9H2,2-4H3/b13-12+. The molecular weight excluding hydrogens is 224 g/mol. The van der Waals surface area contributed by atoms with Crippen molar-refractivity contribution >= 4 is 11.5 Å². The van der Waals surface area contributed by atoms with E-state index in [1.54, 1.807) is 0 Å². The van der Waals surface area contributed by atoms with E-state index in [4.69, 9.17) is 4.74 Å². The van der Waals surface area contributed by atoms with Gasteiger partial charge in [0.1, 0.15) is 0 Å². The zero-order valence-electron chi connectivity index (χ0n) is 11.1. The summed E-state index contributed by atoms with van der Waals surface area (Å²) in [6, 6.07) is 6.22. The highest BCUT2D eigenvalue weighted by Crippen LogP contribution is 2.45. The SMILES string of the molecule is C=C/C(=C1/CC1C(=O)OC)c1c(C)cccc1C. The summed E-state index contributed by atoms with van der Waals surface area (Å²) in [6.45, 7) is 8.06. The van der Waals surface area contributed by atoms with Crippen LogP contribution in [0.4, 0.5) is 0 Å². The van der Waals surface area contributed by atoms with E-state index in [-0.39, 0.29) is 11.9 Å². The van der Waals surface area contributed by atoms with Crippen LogP contribution in [0.3, 0.4) is 0 Å². The monoisotopic (exact) mass is 242 g/mol. The Morgan fingerprint density at radius 1 is 1.39 bits per heavy atom. The van der Waals surface area contributed by atoms with Crippen LogP contribution in [0.25, 0.3) is 5.57 Å². The van der Waals surface area contributed by atoms with Crippen molar-refractivity contribution in [1.29, 1.82) is 0 Å². The van der Waals surface area contributed by atoms with Gasteiger partial charge in [-0.2, -0.15) is 0 Å². The summed E-state index contributed by atoms with van der Waals surface area (Å²) in [4.78, 5) is 11.5. The second-order valence-corrected chi connectivity index (χ2v) is 4.69. The van der Waals surface area contributed by atoms with Crippen LogP contribution < -0.4 is 0 Å². The van der Waals surface area contributed by atoms with Gasteiger partial charge < -0.3 is 4.74 Å². The molecule has 0 spiro atoms. The molecule has 0 heterocycles. The summed E-state index contributed by atoms with van der Waals surface area (Å²) in [5.41, 5.74) is 5.88. The third-order valence-corrected chi connectivity index (χ3v) is 3.47. The van der Waals surface area contributed by atoms with Crippen LogP contribution in [0.15, 0.2) is 36.4 Å². The van der Waals surface area contributed by atoms with Gasteiger partial charge in [-0.1, -0.05) is 30.9 Å². The first-order chi connectivity index (χ1) is 8.60. The minimum Gasteiger partial charge on any atom is -0.469 e. The zero-order valence-corrected chi connectivity index (χ0v) is 11.1. The smallest absolute Gasteiger partial charge is 0.313 e. The Bertz CT molecular complexity index is 518. The van der Waals surface area contributed by atoms with Gasteiger partial charge in [0, 0.05) is 0 Å². The van der Waals surface area contributed by atoms with Crippen molar-refractivity contribution in [1.82, 2.24) is 0 Å². The molecule has 0 amide bonds. The first-order valence-electron chi connectivity index (χ1n) is 6.10. The minimum absolute atomic E-state index is 0.0676. The summed E-state index contributed by atoms with van der Waals surface area (Å²) in [5, 5.41) is 0. The Balaban J connectivity index is 2.46. The van der Waals surface area contributed by atoms with E-state index >= 15 is 0 Å². The van der Waals surface area contributed by atoms with Gasteiger partial charge >= 0.3 is 5.97 Å². The van der Waals surface area contributed by atoms with Gasteiger partial charge in [0.25, 0.3) is 0 Å². The fourth-order valence-electron chi connectivity index (χ4n) is 2.46. The van der Waals surface area contributed by atoms with Crippen LogP contribution in [-0.4, -0.2) is 13.1 Å². The molecule has 2 heteroatoms. The Labute approximate surface area is 108 Å². The van der Waals surface area contributed by atoms with E-state index in [1.807, 2.05) is 12.1 Å². The fourth-order valence-corrected chi connectivity index (χ4v) is 2.46. The number of hydrogen-bond donors (Lipinski definition) is 0. The van der Waals surface area contributed by atoms with E-state index in [0.29, 0.717) is 0 Å². The lowest BCUT2D eigenvalue weighted by Gasteiger charge is -2.10. The van der Waals surface area contributed by atoms with Gasteiger partial charge in [-0.25, -0.2) is 0 Å². The maximum absolute atomic E-state index is 11.5. The molecule has 94 valence electrons. The second kappa shape index (κ2) is 4.81. The van der Waals surface area contributed by atoms with Crippen molar-refractivity contribution < 1.29 is 9.53 Å². The van der Waals surface area contributed by atoms with E-state index in [0.717, 1.165) is 17.6 Å². The van der Waals surface area contributed by atoms with Crippen molar-refractivity contribution in [2.24, 2.45) is 5.92 Å². The van der Waals surface area contributed by atoms with E-state index < -0.39 is 0 Å². The number of carbonyl (C=O) groups is 1. The van der Waals surface area contributed by atoms with Crippen molar-refractivity contribution in [3.05, 3.63) is 53.1 Å². The molecule has 0 radical (unpaired) electrons. The van der Waals surface area contributed by atoms with Crippen molar-refractivity contribution in [2.75, 3.05) is 7.11 Å². The molecule has 1 saturated carbocycles. The first kappa shape index (κ1) is 12.6. The summed E-state index contributed by atoms with van der Waals surface area (Å²) in [6.07, 6.45) is 2.65. The van der Waals surface area contributed by atoms with Crippen LogP contribution in [0.2, 0.25) is 0 Å². The number of aryl methyl sites for hydroxylation is 2. The van der Waals surface area contributed by atoms with Gasteiger partial charge in [0.15, 0.2) is 0 Å². The van der Waals surface area contributed by atoms with Gasteiger partial charge in [-0.15, -0.1) is 0 Å². The third kappa shape index (κ3) is 2.10. The molecule has 0 aliphatic heterocycles. The fraction of sp³-hybridized carbons (Fsp3) is 0.312. The lowest BCUT2D eigenvalue weighted by atomic mass is 9.94. The molecule has 2 nitrogen and oxygen atoms in total. The Hall–Kier alpha value is -1.83. The van der Waals surface area contributed by atoms with Gasteiger partial charge in [0.2, 0.25) is 0 Å². The normalized spacial score (nSPS) is 20.3. The molecule has 0 saturated heterocycles. The van der Waals surface area contributed by atoms with Gasteiger partial charge in [-0.05, 0) is 48.1 Å². The average molecular weight is 242 g/mol. The van der Waals surface area contributed by atoms with Crippen molar-refractivity contribution in [3.63, 3.8) is 0 Å². The van der Waals surface area contributed by atoms with E-state index in [9.17, 15) is 4.79 Å². The first-order valence-corrected chi connectivity index (χ1v) is 6.10. The molecule has 0 aromatic heterocycles. The van der Waals surface area contributed by atoms with Gasteiger partial charge in [-0.3, -0.25) is 4.79 Å². The molecule has 1 aromatic carbocycles. The highest BCUT2D eigenvalue weighted by molar-refractivity contribution is 5.91. The van der Waals surface area contributed by atoms with Crippen LogP contribution in [0, 0.1) is 19.8 Å². The summed E-state index contributed by atoms with van der Waals surface area (Å²) < 4.78 is 4.79. The van der Waals surface area contributed by atoms with Crippen LogP contribution in [0.5, 0.6) is 0 Å². The maximum atomic E-state index is 11.5. The minimum atomic E-state index is -0.143. The zero-order chi connectivity index (χ0) is 13.3. The van der Waals surface area contributed by atoms with E-state index in [2.05, 4.69) is 32.6 Å². The van der Waals surface area contributed by atoms with Crippen molar-refractivity contribution in [3.8, 4) is 0 Å². The lowest BCUT2D eigenvalue weighted by Crippen LogP contribution is -2.02. The number of methoxy groups -OCH3 is 1. The predicted molar refractivity (Wildman–Crippen MR) is 73.2 cm³/mol. The second-order valence-electron chi connectivity index (χ2n) is 4.69. The molecule has 18 heavy (non-hydrogen) atoms. The summed E-state index contributed by atoms with van der Waals surface area (Å²) >= 11 is 0. The molecule has 0 bridgehead atoms. The average Bonchev–Trinajstić information content (AvgIpc) is 3.13. The largest absolute Gasteiger partial charge is 0.469 e. The van der Waals surface area contributed by atoms with Crippen LogP contribution >= 0.6 is 0 Å². The topological polar surface area (TPSA) is 26.3 Å². The lowest BCUT2D eigenvalue weighted by molar-refractivity contribution is -0.141. The molecule has 1 unspecified atom stereocenters. The maximum Gasteiger partial charge on any atom is 0.313 e. The number of carbonyl (C=O) groups excluding carboxylic acids is 1. The Kier molecular flexibility index (Phi) is 3.37. The molecule has 1 aliphatic rings. The molecule has 2 rings (SSSR count). The van der Waals surface area contributed by atoms with Crippen LogP contribution in [-0.2, 0) is 9.53 Å². The molecule has 1 aromatic rings. The highest BCUT2D eigenvalue weighted by atomic mass is 16.5. The Morgan fingerprint density at radius 3 is 2.50 bits per heavy atom. The Morgan fingerprint density at radius 2 is 2.00 bits per heavy atom. The van der Waals surface area contributed by atoms with E-state index in [1.165, 1.54) is 23.8 Å². The molecule has 1 aliphatic carbocycles. The van der Waals surface area contributed by atoms with Crippen molar-refractivity contribution in [2.45, 2.75) is 20.3 Å². The van der Waals surface area contributed by atoms with Crippen LogP contribution in [0.1, 0.15) is 23.1 Å². The number of ether oxygens (including phenoxy) is 1. The molecular formula is C16H18O2. The number of benzene rings is 1.